The van der Waals surface area contributed by atoms with Gasteiger partial charge in [-0.2, -0.15) is 0 Å². The summed E-state index contributed by atoms with van der Waals surface area (Å²) < 4.78 is 25.9. The smallest absolute Gasteiger partial charge is 0.229 e. The van der Waals surface area contributed by atoms with E-state index < -0.39 is 5.82 Å². The number of halogens is 1. The van der Waals surface area contributed by atoms with Crippen LogP contribution in [0.4, 0.5) is 21.0 Å². The summed E-state index contributed by atoms with van der Waals surface area (Å²) in [5.74, 6) is 1.59. The highest BCUT2D eigenvalue weighted by Crippen LogP contribution is 2.46. The molecule has 1 saturated heterocycles. The zero-order valence-electron chi connectivity index (χ0n) is 28.5. The molecule has 252 valence electrons. The molecule has 1 fully saturated rings. The van der Waals surface area contributed by atoms with Gasteiger partial charge in [-0.1, -0.05) is 53.7 Å². The van der Waals surface area contributed by atoms with Crippen LogP contribution in [0.15, 0.2) is 48.9 Å². The van der Waals surface area contributed by atoms with E-state index in [1.807, 2.05) is 12.1 Å². The van der Waals surface area contributed by atoms with Crippen LogP contribution in [0.25, 0.3) is 10.9 Å². The maximum atomic E-state index is 13.9. The summed E-state index contributed by atoms with van der Waals surface area (Å²) in [5, 5.41) is 7.17. The summed E-state index contributed by atoms with van der Waals surface area (Å²) in [6.07, 6.45) is 6.60. The normalized spacial score (nSPS) is 15.7. The van der Waals surface area contributed by atoms with Gasteiger partial charge in [-0.3, -0.25) is 9.69 Å². The van der Waals surface area contributed by atoms with E-state index in [1.54, 1.807) is 25.4 Å². The Morgan fingerprint density at radius 3 is 2.57 bits per heavy atom. The zero-order chi connectivity index (χ0) is 33.8. The van der Waals surface area contributed by atoms with Crippen LogP contribution < -0.4 is 20.1 Å². The number of methoxy groups -OCH3 is 1. The van der Waals surface area contributed by atoms with Crippen molar-refractivity contribution in [2.24, 2.45) is 16.7 Å². The highest BCUT2D eigenvalue weighted by Gasteiger charge is 2.44. The summed E-state index contributed by atoms with van der Waals surface area (Å²) in [5.41, 5.74) is 1.32. The maximum absolute atomic E-state index is 13.9. The molecule has 1 aliphatic heterocycles. The minimum Gasteiger partial charge on any atom is -0.493 e. The van der Waals surface area contributed by atoms with Gasteiger partial charge in [0.05, 0.1) is 31.3 Å². The Morgan fingerprint density at radius 2 is 1.85 bits per heavy atom. The molecule has 2 aromatic carbocycles. The molecule has 1 aliphatic rings. The van der Waals surface area contributed by atoms with Crippen molar-refractivity contribution in [2.75, 3.05) is 37.4 Å². The minimum absolute atomic E-state index is 0.0684. The summed E-state index contributed by atoms with van der Waals surface area (Å²) in [6, 6.07) is 10.4. The fourth-order valence-corrected chi connectivity index (χ4v) is 8.12. The first-order chi connectivity index (χ1) is 22.3. The number of nitrogens with one attached hydrogen (secondary N) is 2. The lowest BCUT2D eigenvalue weighted by molar-refractivity contribution is -0.115. The van der Waals surface area contributed by atoms with Crippen molar-refractivity contribution in [3.63, 3.8) is 0 Å². The lowest BCUT2D eigenvalue weighted by atomic mass is 9.63. The first-order valence-corrected chi connectivity index (χ1v) is 17.1. The van der Waals surface area contributed by atoms with E-state index in [0.29, 0.717) is 46.5 Å². The van der Waals surface area contributed by atoms with Gasteiger partial charge in [-0.15, -0.1) is 11.3 Å². The second kappa shape index (κ2) is 14.5. The molecule has 1 atom stereocenters. The number of anilines is 3. The fourth-order valence-electron chi connectivity index (χ4n) is 7.31. The molecule has 2 aromatic heterocycles. The number of hydrogen-bond donors (Lipinski definition) is 2. The van der Waals surface area contributed by atoms with Gasteiger partial charge in [0.1, 0.15) is 18.0 Å². The molecule has 0 saturated carbocycles. The molecule has 0 radical (unpaired) electrons. The summed E-state index contributed by atoms with van der Waals surface area (Å²) in [6.45, 7) is 17.0. The summed E-state index contributed by atoms with van der Waals surface area (Å²) >= 11 is 1.32. The average Bonchev–Trinajstić information content (AvgIpc) is 3.63. The number of para-hydroxylation sites is 1. The number of thiazole rings is 1. The molecule has 0 bridgehead atoms. The van der Waals surface area contributed by atoms with E-state index in [2.05, 4.69) is 72.0 Å². The first kappa shape index (κ1) is 34.5. The fraction of sp³-hybridized carbons (Fsp3) is 0.500. The summed E-state index contributed by atoms with van der Waals surface area (Å²) in [4.78, 5) is 29.2. The third-order valence-corrected chi connectivity index (χ3v) is 9.61. The molecule has 4 aromatic rings. The number of aromatic nitrogens is 3. The van der Waals surface area contributed by atoms with Gasteiger partial charge >= 0.3 is 0 Å². The standard InChI is InChI=1S/C36H47FN6O3S/c1-35(2,3)32(36(4,5)6)28-14-10-15-43(28)16-11-17-46-30-20-27-24(19-29(30)45-7)33(40-22-39-27)42-34-38-21-23(47-34)18-31(44)41-26-13-9-8-12-25(26)37/h8-9,12-13,19-22,28,32H,10-11,14-18H2,1-7H3,(H,41,44)(H,38,39,40,42)/t28-/m0/s1. The maximum Gasteiger partial charge on any atom is 0.229 e. The predicted octanol–water partition coefficient (Wildman–Crippen LogP) is 8.10. The van der Waals surface area contributed by atoms with Gasteiger partial charge in [-0.05, 0) is 60.8 Å². The Labute approximate surface area is 281 Å². The minimum atomic E-state index is -0.478. The lowest BCUT2D eigenvalue weighted by Crippen LogP contribution is -2.48. The quantitative estimate of drug-likeness (QED) is 0.147. The molecule has 0 aliphatic carbocycles. The number of carbonyl (C=O) groups is 1. The molecule has 5 rings (SSSR count). The summed E-state index contributed by atoms with van der Waals surface area (Å²) in [7, 11) is 1.62. The van der Waals surface area contributed by atoms with Crippen LogP contribution >= 0.6 is 11.3 Å². The second-order valence-electron chi connectivity index (χ2n) is 14.4. The van der Waals surface area contributed by atoms with E-state index >= 15 is 0 Å². The zero-order valence-corrected chi connectivity index (χ0v) is 29.3. The molecule has 9 nitrogen and oxygen atoms in total. The van der Waals surface area contributed by atoms with Crippen molar-refractivity contribution < 1.29 is 18.7 Å². The van der Waals surface area contributed by atoms with Crippen LogP contribution in [-0.4, -0.2) is 58.6 Å². The average molecular weight is 663 g/mol. The Bertz CT molecular complexity index is 1670. The monoisotopic (exact) mass is 662 g/mol. The van der Waals surface area contributed by atoms with Crippen LogP contribution in [0.3, 0.4) is 0 Å². The number of amides is 1. The van der Waals surface area contributed by atoms with Crippen molar-refractivity contribution in [1.29, 1.82) is 0 Å². The van der Waals surface area contributed by atoms with Gasteiger partial charge in [0.2, 0.25) is 5.91 Å². The molecule has 0 unspecified atom stereocenters. The van der Waals surface area contributed by atoms with Crippen LogP contribution in [0.2, 0.25) is 0 Å². The van der Waals surface area contributed by atoms with Crippen molar-refractivity contribution in [3.8, 4) is 11.5 Å². The van der Waals surface area contributed by atoms with E-state index in [9.17, 15) is 9.18 Å². The molecular weight excluding hydrogens is 616 g/mol. The third kappa shape index (κ3) is 8.56. The highest BCUT2D eigenvalue weighted by atomic mass is 32.1. The number of nitrogens with zero attached hydrogens (tertiary/aromatic N) is 4. The van der Waals surface area contributed by atoms with Crippen LogP contribution in [0, 0.1) is 22.6 Å². The molecule has 1 amide bonds. The van der Waals surface area contributed by atoms with Crippen LogP contribution in [0.1, 0.15) is 65.7 Å². The van der Waals surface area contributed by atoms with Crippen molar-refractivity contribution in [3.05, 3.63) is 59.6 Å². The topological polar surface area (TPSA) is 102 Å². The van der Waals surface area contributed by atoms with E-state index in [0.717, 1.165) is 29.8 Å². The first-order valence-electron chi connectivity index (χ1n) is 16.3. The van der Waals surface area contributed by atoms with Crippen molar-refractivity contribution in [2.45, 2.75) is 73.3 Å². The third-order valence-electron chi connectivity index (χ3n) is 8.69. The van der Waals surface area contributed by atoms with E-state index in [1.165, 1.54) is 42.6 Å². The van der Waals surface area contributed by atoms with Crippen molar-refractivity contribution >= 4 is 44.8 Å². The second-order valence-corrected chi connectivity index (χ2v) is 15.5. The Morgan fingerprint density at radius 1 is 1.09 bits per heavy atom. The number of rotatable bonds is 12. The Balaban J connectivity index is 1.21. The van der Waals surface area contributed by atoms with E-state index in [-0.39, 0.29) is 28.8 Å². The number of likely N-dealkylation sites (tertiary alicyclic amines) is 1. The van der Waals surface area contributed by atoms with E-state index in [4.69, 9.17) is 9.47 Å². The van der Waals surface area contributed by atoms with Gasteiger partial charge in [-0.25, -0.2) is 19.3 Å². The molecule has 47 heavy (non-hydrogen) atoms. The molecular formula is C36H47FN6O3S. The molecule has 2 N–H and O–H groups in total. The lowest BCUT2D eigenvalue weighted by Gasteiger charge is -2.47. The molecule has 3 heterocycles. The van der Waals surface area contributed by atoms with Gasteiger partial charge in [0.25, 0.3) is 0 Å². The Kier molecular flexibility index (Phi) is 10.7. The van der Waals surface area contributed by atoms with Gasteiger partial charge < -0.3 is 20.1 Å². The predicted molar refractivity (Wildman–Crippen MR) is 187 cm³/mol. The largest absolute Gasteiger partial charge is 0.493 e. The van der Waals surface area contributed by atoms with Crippen LogP contribution in [-0.2, 0) is 11.2 Å². The molecule has 0 spiro atoms. The number of hydrogen-bond acceptors (Lipinski definition) is 9. The Hall–Kier alpha value is -3.83. The highest BCUT2D eigenvalue weighted by molar-refractivity contribution is 7.15. The van der Waals surface area contributed by atoms with Crippen LogP contribution in [0.5, 0.6) is 11.5 Å². The number of fused-ring (bicyclic) bond motifs is 1. The van der Waals surface area contributed by atoms with Gasteiger partial charge in [0.15, 0.2) is 16.6 Å². The SMILES string of the molecule is COc1cc2c(Nc3ncc(CC(=O)Nc4ccccc4F)s3)ncnc2cc1OCCCN1CCC[C@H]1C(C(C)(C)C)C(C)(C)C. The number of benzene rings is 2. The number of carbonyl (C=O) groups excluding carboxylic acids is 1. The van der Waals surface area contributed by atoms with Gasteiger partial charge in [0, 0.05) is 35.1 Å². The molecule has 11 heteroatoms. The number of ether oxygens (including phenoxy) is 2. The van der Waals surface area contributed by atoms with Crippen molar-refractivity contribution in [1.82, 2.24) is 19.9 Å².